The van der Waals surface area contributed by atoms with Crippen LogP contribution in [0.5, 0.6) is 0 Å². The van der Waals surface area contributed by atoms with Crippen LogP contribution in [0.2, 0.25) is 0 Å². The van der Waals surface area contributed by atoms with Crippen LogP contribution < -0.4 is 5.73 Å². The Bertz CT molecular complexity index is 273. The van der Waals surface area contributed by atoms with Gasteiger partial charge in [0.05, 0.1) is 25.1 Å². The summed E-state index contributed by atoms with van der Waals surface area (Å²) < 4.78 is 5.26. The average Bonchev–Trinajstić information content (AvgIpc) is 2.04. The van der Waals surface area contributed by atoms with Gasteiger partial charge in [-0.1, -0.05) is 0 Å². The molecular formula is C8H10N2O. The van der Waals surface area contributed by atoms with Crippen molar-refractivity contribution in [3.05, 3.63) is 23.5 Å². The molecule has 0 aliphatic carbocycles. The van der Waals surface area contributed by atoms with Gasteiger partial charge in [0.15, 0.2) is 0 Å². The molecule has 0 radical (unpaired) electrons. The summed E-state index contributed by atoms with van der Waals surface area (Å²) in [5.41, 5.74) is 8.55. The number of anilines is 1. The lowest BCUT2D eigenvalue weighted by atomic mass is 10.1. The second-order valence-corrected chi connectivity index (χ2v) is 2.68. The van der Waals surface area contributed by atoms with Crippen molar-refractivity contribution in [1.29, 1.82) is 0 Å². The van der Waals surface area contributed by atoms with Crippen molar-refractivity contribution in [1.82, 2.24) is 4.98 Å². The summed E-state index contributed by atoms with van der Waals surface area (Å²) >= 11 is 0. The molecule has 3 nitrogen and oxygen atoms in total. The maximum absolute atomic E-state index is 5.56. The molecular weight excluding hydrogens is 140 g/mol. The number of aromatic nitrogens is 1. The molecule has 2 heterocycles. The molecule has 0 saturated carbocycles. The molecule has 0 amide bonds. The van der Waals surface area contributed by atoms with E-state index < -0.39 is 0 Å². The third kappa shape index (κ3) is 1.19. The molecule has 0 spiro atoms. The molecule has 1 aliphatic heterocycles. The van der Waals surface area contributed by atoms with Crippen molar-refractivity contribution in [2.24, 2.45) is 0 Å². The Balaban J connectivity index is 2.43. The summed E-state index contributed by atoms with van der Waals surface area (Å²) in [5, 5.41) is 0. The normalized spacial score (nSPS) is 16.0. The van der Waals surface area contributed by atoms with Crippen LogP contribution in [0.4, 0.5) is 5.69 Å². The van der Waals surface area contributed by atoms with Crippen molar-refractivity contribution >= 4 is 5.69 Å². The van der Waals surface area contributed by atoms with Gasteiger partial charge in [-0.05, 0) is 6.07 Å². The van der Waals surface area contributed by atoms with Gasteiger partial charge in [0.2, 0.25) is 0 Å². The van der Waals surface area contributed by atoms with Crippen molar-refractivity contribution < 1.29 is 4.74 Å². The minimum absolute atomic E-state index is 0.660. The Hall–Kier alpha value is -1.09. The summed E-state index contributed by atoms with van der Waals surface area (Å²) in [6.07, 6.45) is 2.61. The van der Waals surface area contributed by atoms with Crippen LogP contribution in [0.1, 0.15) is 11.3 Å². The van der Waals surface area contributed by atoms with Gasteiger partial charge in [0, 0.05) is 17.7 Å². The highest BCUT2D eigenvalue weighted by molar-refractivity contribution is 5.40. The molecule has 0 unspecified atom stereocenters. The molecule has 0 atom stereocenters. The topological polar surface area (TPSA) is 48.1 Å². The van der Waals surface area contributed by atoms with E-state index in [4.69, 9.17) is 10.5 Å². The molecule has 1 aliphatic rings. The van der Waals surface area contributed by atoms with E-state index >= 15 is 0 Å². The first kappa shape index (κ1) is 6.61. The number of nitrogens with two attached hydrogens (primary N) is 1. The molecule has 1 aromatic rings. The minimum atomic E-state index is 0.660. The first-order chi connectivity index (χ1) is 5.36. The Morgan fingerprint density at radius 1 is 1.55 bits per heavy atom. The summed E-state index contributed by atoms with van der Waals surface area (Å²) in [5.74, 6) is 0. The summed E-state index contributed by atoms with van der Waals surface area (Å²) in [7, 11) is 0. The number of ether oxygens (including phenoxy) is 1. The van der Waals surface area contributed by atoms with E-state index in [0.29, 0.717) is 12.3 Å². The van der Waals surface area contributed by atoms with E-state index in [2.05, 4.69) is 4.98 Å². The number of nitrogen functional groups attached to an aromatic ring is 1. The van der Waals surface area contributed by atoms with Crippen LogP contribution in [-0.2, 0) is 17.8 Å². The zero-order valence-corrected chi connectivity index (χ0v) is 6.21. The van der Waals surface area contributed by atoms with Gasteiger partial charge in [-0.25, -0.2) is 0 Å². The van der Waals surface area contributed by atoms with E-state index in [1.165, 1.54) is 0 Å². The molecule has 0 fully saturated rings. The second kappa shape index (κ2) is 2.51. The van der Waals surface area contributed by atoms with Gasteiger partial charge in [0.25, 0.3) is 0 Å². The largest absolute Gasteiger partial charge is 0.397 e. The van der Waals surface area contributed by atoms with Gasteiger partial charge >= 0.3 is 0 Å². The fourth-order valence-electron chi connectivity index (χ4n) is 1.26. The van der Waals surface area contributed by atoms with Crippen molar-refractivity contribution in [2.45, 2.75) is 13.0 Å². The molecule has 58 valence electrons. The number of nitrogens with zero attached hydrogens (tertiary/aromatic N) is 1. The highest BCUT2D eigenvalue weighted by Gasteiger charge is 2.09. The van der Waals surface area contributed by atoms with Gasteiger partial charge < -0.3 is 10.5 Å². The van der Waals surface area contributed by atoms with Gasteiger partial charge in [-0.3, -0.25) is 4.98 Å². The summed E-state index contributed by atoms with van der Waals surface area (Å²) in [6, 6.07) is 1.93. The molecule has 0 saturated heterocycles. The van der Waals surface area contributed by atoms with E-state index in [9.17, 15) is 0 Å². The summed E-state index contributed by atoms with van der Waals surface area (Å²) in [4.78, 5) is 4.21. The quantitative estimate of drug-likeness (QED) is 0.593. The monoisotopic (exact) mass is 150 g/mol. The van der Waals surface area contributed by atoms with Crippen LogP contribution in [0.3, 0.4) is 0 Å². The van der Waals surface area contributed by atoms with Crippen LogP contribution >= 0.6 is 0 Å². The highest BCUT2D eigenvalue weighted by atomic mass is 16.5. The Morgan fingerprint density at radius 2 is 2.45 bits per heavy atom. The van der Waals surface area contributed by atoms with Crippen molar-refractivity contribution in [3.8, 4) is 0 Å². The van der Waals surface area contributed by atoms with E-state index in [1.54, 1.807) is 6.20 Å². The SMILES string of the molecule is Nc1cnc2c(c1)COCC2. The van der Waals surface area contributed by atoms with Crippen LogP contribution in [0.15, 0.2) is 12.3 Å². The fraction of sp³-hybridized carbons (Fsp3) is 0.375. The second-order valence-electron chi connectivity index (χ2n) is 2.68. The Labute approximate surface area is 65.2 Å². The fourth-order valence-corrected chi connectivity index (χ4v) is 1.26. The molecule has 0 aromatic carbocycles. The zero-order valence-electron chi connectivity index (χ0n) is 6.21. The van der Waals surface area contributed by atoms with Crippen molar-refractivity contribution in [2.75, 3.05) is 12.3 Å². The lowest BCUT2D eigenvalue weighted by molar-refractivity contribution is 0.109. The maximum Gasteiger partial charge on any atom is 0.0735 e. The van der Waals surface area contributed by atoms with Gasteiger partial charge in [-0.15, -0.1) is 0 Å². The number of pyridine rings is 1. The maximum atomic E-state index is 5.56. The van der Waals surface area contributed by atoms with Crippen LogP contribution in [0, 0.1) is 0 Å². The first-order valence-electron chi connectivity index (χ1n) is 3.67. The zero-order chi connectivity index (χ0) is 7.68. The molecule has 1 aromatic heterocycles. The Kier molecular flexibility index (Phi) is 1.51. The van der Waals surface area contributed by atoms with Crippen LogP contribution in [-0.4, -0.2) is 11.6 Å². The standard InChI is InChI=1S/C8H10N2O/c9-7-3-6-5-11-2-1-8(6)10-4-7/h3-4H,1-2,5,9H2. The minimum Gasteiger partial charge on any atom is -0.397 e. The number of fused-ring (bicyclic) bond motifs is 1. The summed E-state index contributed by atoms with van der Waals surface area (Å²) in [6.45, 7) is 1.44. The lowest BCUT2D eigenvalue weighted by Crippen LogP contribution is -2.11. The third-order valence-electron chi connectivity index (χ3n) is 1.82. The molecule has 11 heavy (non-hydrogen) atoms. The smallest absolute Gasteiger partial charge is 0.0735 e. The first-order valence-corrected chi connectivity index (χ1v) is 3.67. The van der Waals surface area contributed by atoms with Crippen LogP contribution in [0.25, 0.3) is 0 Å². The number of rotatable bonds is 0. The molecule has 3 heteroatoms. The molecule has 2 N–H and O–H groups in total. The molecule has 0 bridgehead atoms. The average molecular weight is 150 g/mol. The van der Waals surface area contributed by atoms with E-state index in [0.717, 1.165) is 24.3 Å². The third-order valence-corrected chi connectivity index (χ3v) is 1.82. The Morgan fingerprint density at radius 3 is 3.36 bits per heavy atom. The molecule has 2 rings (SSSR count). The van der Waals surface area contributed by atoms with Gasteiger partial charge in [0.1, 0.15) is 0 Å². The van der Waals surface area contributed by atoms with E-state index in [-0.39, 0.29) is 0 Å². The number of hydrogen-bond acceptors (Lipinski definition) is 3. The van der Waals surface area contributed by atoms with Gasteiger partial charge in [-0.2, -0.15) is 0 Å². The predicted molar refractivity (Wildman–Crippen MR) is 42.0 cm³/mol. The lowest BCUT2D eigenvalue weighted by Gasteiger charge is -2.14. The predicted octanol–water partition coefficient (Wildman–Crippen LogP) is 0.737. The van der Waals surface area contributed by atoms with Crippen molar-refractivity contribution in [3.63, 3.8) is 0 Å². The van der Waals surface area contributed by atoms with E-state index in [1.807, 2.05) is 6.07 Å². The number of hydrogen-bond donors (Lipinski definition) is 1. The highest BCUT2D eigenvalue weighted by Crippen LogP contribution is 2.16.